The number of amides is 1. The number of nitrogens with two attached hydrogens (primary N) is 1. The van der Waals surface area contributed by atoms with Crippen molar-refractivity contribution in [1.82, 2.24) is 5.32 Å². The van der Waals surface area contributed by atoms with Crippen molar-refractivity contribution in [3.05, 3.63) is 23.2 Å². The van der Waals surface area contributed by atoms with E-state index in [1.807, 2.05) is 20.8 Å². The first-order valence-electron chi connectivity index (χ1n) is 5.96. The molecular formula is C13H19ClN2OS. The van der Waals surface area contributed by atoms with Crippen LogP contribution in [0.2, 0.25) is 5.02 Å². The van der Waals surface area contributed by atoms with Gasteiger partial charge in [-0.15, -0.1) is 11.8 Å². The maximum absolute atomic E-state index is 11.9. The summed E-state index contributed by atoms with van der Waals surface area (Å²) in [7, 11) is 0. The predicted molar refractivity (Wildman–Crippen MR) is 79.1 cm³/mol. The number of carbonyl (C=O) groups excluding carboxylic acids is 1. The fourth-order valence-corrected chi connectivity index (χ4v) is 2.57. The van der Waals surface area contributed by atoms with Gasteiger partial charge >= 0.3 is 0 Å². The van der Waals surface area contributed by atoms with Crippen molar-refractivity contribution in [3.63, 3.8) is 0 Å². The first-order valence-corrected chi connectivity index (χ1v) is 7.22. The Morgan fingerprint density at radius 1 is 1.50 bits per heavy atom. The molecule has 0 saturated carbocycles. The van der Waals surface area contributed by atoms with Gasteiger partial charge in [0.25, 0.3) is 0 Å². The number of anilines is 1. The minimum absolute atomic E-state index is 0.00803. The quantitative estimate of drug-likeness (QED) is 0.645. The van der Waals surface area contributed by atoms with Gasteiger partial charge in [-0.2, -0.15) is 0 Å². The summed E-state index contributed by atoms with van der Waals surface area (Å²) in [6, 6.07) is 5.54. The van der Waals surface area contributed by atoms with Crippen LogP contribution in [0.5, 0.6) is 0 Å². The third-order valence-electron chi connectivity index (χ3n) is 2.66. The molecule has 0 saturated heterocycles. The van der Waals surface area contributed by atoms with Crippen LogP contribution < -0.4 is 11.1 Å². The second kappa shape index (κ2) is 6.90. The maximum atomic E-state index is 11.9. The van der Waals surface area contributed by atoms with Crippen LogP contribution in [0.25, 0.3) is 0 Å². The molecule has 100 valence electrons. The number of nitrogen functional groups attached to an aromatic ring is 1. The van der Waals surface area contributed by atoms with Gasteiger partial charge in [0.2, 0.25) is 5.91 Å². The molecule has 0 bridgehead atoms. The Balaban J connectivity index is 2.70. The standard InChI is InChI=1S/C13H19ClN2OS/c1-4-8(2)16-13(17)9(3)18-12-10(14)6-5-7-11(12)15/h5-9H,4,15H2,1-3H3,(H,16,17). The monoisotopic (exact) mass is 286 g/mol. The Hall–Kier alpha value is -0.870. The van der Waals surface area contributed by atoms with E-state index in [1.54, 1.807) is 18.2 Å². The third kappa shape index (κ3) is 4.10. The van der Waals surface area contributed by atoms with Gasteiger partial charge in [0, 0.05) is 16.6 Å². The lowest BCUT2D eigenvalue weighted by Crippen LogP contribution is -2.37. The van der Waals surface area contributed by atoms with Gasteiger partial charge in [-0.1, -0.05) is 24.6 Å². The summed E-state index contributed by atoms with van der Waals surface area (Å²) in [5.41, 5.74) is 6.47. The molecular weight excluding hydrogens is 268 g/mol. The zero-order valence-corrected chi connectivity index (χ0v) is 12.4. The van der Waals surface area contributed by atoms with E-state index in [0.717, 1.165) is 11.3 Å². The second-order valence-electron chi connectivity index (χ2n) is 4.24. The van der Waals surface area contributed by atoms with Crippen molar-refractivity contribution in [2.75, 3.05) is 5.73 Å². The van der Waals surface area contributed by atoms with Gasteiger partial charge in [-0.25, -0.2) is 0 Å². The molecule has 1 rings (SSSR count). The Morgan fingerprint density at radius 3 is 2.72 bits per heavy atom. The summed E-state index contributed by atoms with van der Waals surface area (Å²) in [5, 5.41) is 3.31. The topological polar surface area (TPSA) is 55.1 Å². The lowest BCUT2D eigenvalue weighted by Gasteiger charge is -2.17. The van der Waals surface area contributed by atoms with E-state index in [4.69, 9.17) is 17.3 Å². The molecule has 5 heteroatoms. The molecule has 1 amide bonds. The van der Waals surface area contributed by atoms with E-state index >= 15 is 0 Å². The number of thioether (sulfide) groups is 1. The molecule has 3 nitrogen and oxygen atoms in total. The number of rotatable bonds is 5. The smallest absolute Gasteiger partial charge is 0.233 e. The highest BCUT2D eigenvalue weighted by Gasteiger charge is 2.18. The molecule has 0 aromatic heterocycles. The molecule has 3 N–H and O–H groups in total. The summed E-state index contributed by atoms with van der Waals surface area (Å²) >= 11 is 7.47. The molecule has 18 heavy (non-hydrogen) atoms. The zero-order valence-electron chi connectivity index (χ0n) is 10.9. The van der Waals surface area contributed by atoms with Crippen LogP contribution in [-0.2, 0) is 4.79 Å². The van der Waals surface area contributed by atoms with Crippen molar-refractivity contribution in [1.29, 1.82) is 0 Å². The average molecular weight is 287 g/mol. The molecule has 0 aliphatic carbocycles. The van der Waals surface area contributed by atoms with Crippen molar-refractivity contribution >= 4 is 35.0 Å². The van der Waals surface area contributed by atoms with Crippen LogP contribution >= 0.6 is 23.4 Å². The second-order valence-corrected chi connectivity index (χ2v) is 5.99. The number of halogens is 1. The van der Waals surface area contributed by atoms with Gasteiger partial charge in [0.05, 0.1) is 10.3 Å². The first-order chi connectivity index (χ1) is 8.45. The highest BCUT2D eigenvalue weighted by atomic mass is 35.5. The summed E-state index contributed by atoms with van der Waals surface area (Å²) in [6.45, 7) is 5.87. The summed E-state index contributed by atoms with van der Waals surface area (Å²) in [6.07, 6.45) is 0.914. The highest BCUT2D eigenvalue weighted by molar-refractivity contribution is 8.00. The highest BCUT2D eigenvalue weighted by Crippen LogP contribution is 2.35. The molecule has 1 aromatic carbocycles. The van der Waals surface area contributed by atoms with E-state index in [1.165, 1.54) is 11.8 Å². The van der Waals surface area contributed by atoms with Crippen LogP contribution in [0.4, 0.5) is 5.69 Å². The van der Waals surface area contributed by atoms with Crippen LogP contribution in [0.1, 0.15) is 27.2 Å². The molecule has 0 radical (unpaired) electrons. The van der Waals surface area contributed by atoms with Crippen LogP contribution in [0.3, 0.4) is 0 Å². The number of hydrogen-bond donors (Lipinski definition) is 2. The first kappa shape index (κ1) is 15.2. The molecule has 0 aliphatic rings. The molecule has 0 aliphatic heterocycles. The predicted octanol–water partition coefficient (Wildman–Crippen LogP) is 3.32. The van der Waals surface area contributed by atoms with Crippen molar-refractivity contribution in [3.8, 4) is 0 Å². The normalized spacial score (nSPS) is 14.0. The molecule has 0 spiro atoms. The number of nitrogens with one attached hydrogen (secondary N) is 1. The number of carbonyl (C=O) groups is 1. The zero-order chi connectivity index (χ0) is 13.7. The average Bonchev–Trinajstić information content (AvgIpc) is 2.33. The lowest BCUT2D eigenvalue weighted by atomic mass is 10.2. The maximum Gasteiger partial charge on any atom is 0.233 e. The number of hydrogen-bond acceptors (Lipinski definition) is 3. The number of benzene rings is 1. The third-order valence-corrected chi connectivity index (χ3v) is 4.35. The van der Waals surface area contributed by atoms with E-state index in [9.17, 15) is 4.79 Å². The van der Waals surface area contributed by atoms with Crippen LogP contribution in [-0.4, -0.2) is 17.2 Å². The van der Waals surface area contributed by atoms with Gasteiger partial charge in [-0.3, -0.25) is 4.79 Å². The minimum atomic E-state index is -0.221. The molecule has 0 heterocycles. The van der Waals surface area contributed by atoms with Crippen molar-refractivity contribution in [2.45, 2.75) is 43.4 Å². The molecule has 1 aromatic rings. The van der Waals surface area contributed by atoms with Crippen molar-refractivity contribution in [2.24, 2.45) is 0 Å². The minimum Gasteiger partial charge on any atom is -0.398 e. The van der Waals surface area contributed by atoms with Gasteiger partial charge in [0.15, 0.2) is 0 Å². The Labute approximate surface area is 117 Å². The van der Waals surface area contributed by atoms with Gasteiger partial charge in [-0.05, 0) is 32.4 Å². The fourth-order valence-electron chi connectivity index (χ4n) is 1.34. The Kier molecular flexibility index (Phi) is 5.82. The van der Waals surface area contributed by atoms with Gasteiger partial charge < -0.3 is 11.1 Å². The SMILES string of the molecule is CCC(C)NC(=O)C(C)Sc1c(N)cccc1Cl. The summed E-state index contributed by atoms with van der Waals surface area (Å²) in [5.74, 6) is 0.00803. The van der Waals surface area contributed by atoms with Crippen LogP contribution in [0.15, 0.2) is 23.1 Å². The molecule has 2 unspecified atom stereocenters. The van der Waals surface area contributed by atoms with E-state index in [2.05, 4.69) is 5.32 Å². The summed E-state index contributed by atoms with van der Waals surface area (Å²) in [4.78, 5) is 12.7. The van der Waals surface area contributed by atoms with E-state index < -0.39 is 0 Å². The van der Waals surface area contributed by atoms with Gasteiger partial charge in [0.1, 0.15) is 0 Å². The molecule has 2 atom stereocenters. The van der Waals surface area contributed by atoms with E-state index in [0.29, 0.717) is 10.7 Å². The molecule has 0 fully saturated rings. The Bertz CT molecular complexity index is 405. The summed E-state index contributed by atoms with van der Waals surface area (Å²) < 4.78 is 0. The van der Waals surface area contributed by atoms with E-state index in [-0.39, 0.29) is 17.2 Å². The fraction of sp³-hybridized carbons (Fsp3) is 0.462. The lowest BCUT2D eigenvalue weighted by molar-refractivity contribution is -0.120. The van der Waals surface area contributed by atoms with Crippen LogP contribution in [0, 0.1) is 0 Å². The van der Waals surface area contributed by atoms with Crippen molar-refractivity contribution < 1.29 is 4.79 Å². The largest absolute Gasteiger partial charge is 0.398 e. The Morgan fingerprint density at radius 2 is 2.17 bits per heavy atom.